The van der Waals surface area contributed by atoms with Crippen molar-refractivity contribution in [3.8, 4) is 0 Å². The van der Waals surface area contributed by atoms with Gasteiger partial charge in [0.05, 0.1) is 0 Å². The van der Waals surface area contributed by atoms with Crippen LogP contribution in [0.15, 0.2) is 0 Å². The number of carbonyl (C=O) groups is 2. The minimum Gasteiger partial charge on any atom is -0.480 e. The van der Waals surface area contributed by atoms with Crippen LogP contribution in [0, 0.1) is 5.41 Å². The van der Waals surface area contributed by atoms with Crippen molar-refractivity contribution in [2.45, 2.75) is 26.8 Å². The fourth-order valence-electron chi connectivity index (χ4n) is 0.773. The molecule has 1 amide bonds. The highest BCUT2D eigenvalue weighted by molar-refractivity contribution is 5.82. The van der Waals surface area contributed by atoms with E-state index in [-0.39, 0.29) is 12.5 Å². The molecule has 0 rings (SSSR count). The molecule has 0 aliphatic rings. The van der Waals surface area contributed by atoms with Gasteiger partial charge in [0.15, 0.2) is 0 Å². The molecule has 0 aliphatic heterocycles. The predicted molar refractivity (Wildman–Crippen MR) is 52.9 cm³/mol. The maximum Gasteiger partial charge on any atom is 0.322 e. The van der Waals surface area contributed by atoms with Gasteiger partial charge in [0.1, 0.15) is 6.04 Å². The van der Waals surface area contributed by atoms with Gasteiger partial charge in [-0.2, -0.15) is 0 Å². The Labute approximate surface area is 83.9 Å². The molecule has 3 N–H and O–H groups in total. The molecule has 0 bridgehead atoms. The summed E-state index contributed by atoms with van der Waals surface area (Å²) in [5, 5.41) is 13.8. The average molecular weight is 202 g/mol. The van der Waals surface area contributed by atoms with E-state index in [4.69, 9.17) is 5.11 Å². The number of aliphatic carboxylic acids is 1. The number of carboxylic acid groups (broad SMARTS) is 1. The number of carbonyl (C=O) groups excluding carboxylic acids is 1. The Hall–Kier alpha value is -1.10. The van der Waals surface area contributed by atoms with Gasteiger partial charge in [0.2, 0.25) is 5.91 Å². The summed E-state index contributed by atoms with van der Waals surface area (Å²) in [5.74, 6) is -1.12. The van der Waals surface area contributed by atoms with Gasteiger partial charge in [0.25, 0.3) is 0 Å². The van der Waals surface area contributed by atoms with Gasteiger partial charge in [-0.25, -0.2) is 0 Å². The lowest BCUT2D eigenvalue weighted by atomic mass is 9.95. The highest BCUT2D eigenvalue weighted by Crippen LogP contribution is 2.11. The summed E-state index contributed by atoms with van der Waals surface area (Å²) in [6.07, 6.45) is 0. The molecule has 1 atom stereocenters. The van der Waals surface area contributed by atoms with E-state index in [1.165, 1.54) is 0 Å². The Morgan fingerprint density at radius 1 is 1.36 bits per heavy atom. The quantitative estimate of drug-likeness (QED) is 0.591. The number of hydrogen-bond acceptors (Lipinski definition) is 3. The van der Waals surface area contributed by atoms with Crippen LogP contribution in [0.25, 0.3) is 0 Å². The fourth-order valence-corrected chi connectivity index (χ4v) is 0.773. The minimum absolute atomic E-state index is 0.0991. The van der Waals surface area contributed by atoms with Crippen molar-refractivity contribution in [2.24, 2.45) is 5.41 Å². The Morgan fingerprint density at radius 2 is 1.86 bits per heavy atom. The van der Waals surface area contributed by atoms with Gasteiger partial charge in [-0.1, -0.05) is 20.8 Å². The largest absolute Gasteiger partial charge is 0.480 e. The van der Waals surface area contributed by atoms with Crippen molar-refractivity contribution >= 4 is 11.9 Å². The molecule has 0 saturated carbocycles. The van der Waals surface area contributed by atoms with Gasteiger partial charge >= 0.3 is 5.97 Å². The first-order valence-corrected chi connectivity index (χ1v) is 4.47. The summed E-state index contributed by atoms with van der Waals surface area (Å²) >= 11 is 0. The van der Waals surface area contributed by atoms with Crippen LogP contribution in [0.3, 0.4) is 0 Å². The highest BCUT2D eigenvalue weighted by atomic mass is 16.4. The van der Waals surface area contributed by atoms with E-state index in [9.17, 15) is 9.59 Å². The zero-order chi connectivity index (χ0) is 11.4. The molecule has 5 heteroatoms. The van der Waals surface area contributed by atoms with E-state index in [1.54, 1.807) is 27.8 Å². The van der Waals surface area contributed by atoms with Crippen LogP contribution in [0.2, 0.25) is 0 Å². The van der Waals surface area contributed by atoms with Crippen LogP contribution in [0.4, 0.5) is 0 Å². The summed E-state index contributed by atoms with van der Waals surface area (Å²) in [6.45, 7) is 5.42. The fraction of sp³-hybridized carbons (Fsp3) is 0.778. The SMILES string of the molecule is CNC(CNC(=O)C(C)(C)C)C(=O)O. The Kier molecular flexibility index (Phi) is 4.56. The molecule has 0 aliphatic carbocycles. The van der Waals surface area contributed by atoms with Crippen molar-refractivity contribution in [3.05, 3.63) is 0 Å². The molecule has 0 radical (unpaired) electrons. The second kappa shape index (κ2) is 4.95. The maximum absolute atomic E-state index is 11.4. The Bertz CT molecular complexity index is 221. The molecule has 0 spiro atoms. The molecular formula is C9H18N2O3. The van der Waals surface area contributed by atoms with E-state index >= 15 is 0 Å². The molecule has 0 aromatic rings. The molecule has 0 aromatic heterocycles. The number of hydrogen-bond donors (Lipinski definition) is 3. The third kappa shape index (κ3) is 4.23. The van der Waals surface area contributed by atoms with Crippen LogP contribution in [-0.4, -0.2) is 36.6 Å². The second-order valence-electron chi connectivity index (χ2n) is 4.14. The van der Waals surface area contributed by atoms with Gasteiger partial charge in [0, 0.05) is 12.0 Å². The maximum atomic E-state index is 11.4. The minimum atomic E-state index is -0.971. The summed E-state index contributed by atoms with van der Waals surface area (Å²) in [5.41, 5.74) is -0.489. The topological polar surface area (TPSA) is 78.4 Å². The van der Waals surface area contributed by atoms with Gasteiger partial charge in [-0.15, -0.1) is 0 Å². The van der Waals surface area contributed by atoms with Gasteiger partial charge in [-0.3, -0.25) is 9.59 Å². The molecule has 0 saturated heterocycles. The van der Waals surface area contributed by atoms with Gasteiger partial charge < -0.3 is 15.7 Å². The average Bonchev–Trinajstić information content (AvgIpc) is 2.02. The van der Waals surface area contributed by atoms with Crippen LogP contribution < -0.4 is 10.6 Å². The van der Waals surface area contributed by atoms with Crippen LogP contribution in [0.5, 0.6) is 0 Å². The van der Waals surface area contributed by atoms with Crippen LogP contribution >= 0.6 is 0 Å². The van der Waals surface area contributed by atoms with Gasteiger partial charge in [-0.05, 0) is 7.05 Å². The van der Waals surface area contributed by atoms with Crippen molar-refractivity contribution in [2.75, 3.05) is 13.6 Å². The number of likely N-dealkylation sites (N-methyl/N-ethyl adjacent to an activating group) is 1. The first-order valence-electron chi connectivity index (χ1n) is 4.47. The normalized spacial score (nSPS) is 13.4. The predicted octanol–water partition coefficient (Wildman–Crippen LogP) is -0.179. The van der Waals surface area contributed by atoms with E-state index in [0.717, 1.165) is 0 Å². The van der Waals surface area contributed by atoms with Crippen molar-refractivity contribution < 1.29 is 14.7 Å². The highest BCUT2D eigenvalue weighted by Gasteiger charge is 2.23. The van der Waals surface area contributed by atoms with E-state index in [2.05, 4.69) is 10.6 Å². The number of amides is 1. The lowest BCUT2D eigenvalue weighted by Gasteiger charge is -2.19. The number of nitrogens with one attached hydrogen (secondary N) is 2. The summed E-state index contributed by atoms with van der Waals surface area (Å²) in [7, 11) is 1.54. The monoisotopic (exact) mass is 202 g/mol. The standard InChI is InChI=1S/C9H18N2O3/c1-9(2,3)8(14)11-5-6(10-4)7(12)13/h6,10H,5H2,1-4H3,(H,11,14)(H,12,13). The molecule has 14 heavy (non-hydrogen) atoms. The van der Waals surface area contributed by atoms with E-state index in [1.807, 2.05) is 0 Å². The zero-order valence-electron chi connectivity index (χ0n) is 9.05. The molecule has 5 nitrogen and oxygen atoms in total. The first-order chi connectivity index (χ1) is 6.29. The lowest BCUT2D eigenvalue weighted by Crippen LogP contribution is -2.47. The molecule has 0 heterocycles. The number of carboxylic acids is 1. The van der Waals surface area contributed by atoms with Crippen LogP contribution in [0.1, 0.15) is 20.8 Å². The summed E-state index contributed by atoms with van der Waals surface area (Å²) in [6, 6.07) is -0.735. The summed E-state index contributed by atoms with van der Waals surface area (Å²) < 4.78 is 0. The number of rotatable bonds is 4. The van der Waals surface area contributed by atoms with Crippen molar-refractivity contribution in [3.63, 3.8) is 0 Å². The first kappa shape index (κ1) is 12.9. The molecular weight excluding hydrogens is 184 g/mol. The van der Waals surface area contributed by atoms with Crippen molar-refractivity contribution in [1.29, 1.82) is 0 Å². The zero-order valence-corrected chi connectivity index (χ0v) is 9.05. The smallest absolute Gasteiger partial charge is 0.322 e. The lowest BCUT2D eigenvalue weighted by molar-refractivity contribution is -0.139. The van der Waals surface area contributed by atoms with E-state index in [0.29, 0.717) is 0 Å². The third-order valence-electron chi connectivity index (χ3n) is 1.79. The molecule has 0 fully saturated rings. The molecule has 0 aromatic carbocycles. The third-order valence-corrected chi connectivity index (χ3v) is 1.79. The molecule has 1 unspecified atom stereocenters. The Morgan fingerprint density at radius 3 is 2.14 bits per heavy atom. The van der Waals surface area contributed by atoms with Crippen LogP contribution in [-0.2, 0) is 9.59 Å². The van der Waals surface area contributed by atoms with E-state index < -0.39 is 17.4 Å². The molecule has 82 valence electrons. The Balaban J connectivity index is 4.05. The van der Waals surface area contributed by atoms with Crippen molar-refractivity contribution in [1.82, 2.24) is 10.6 Å². The second-order valence-corrected chi connectivity index (χ2v) is 4.14. The summed E-state index contributed by atoms with van der Waals surface area (Å²) in [4.78, 5) is 22.0.